The minimum Gasteiger partial charge on any atom is -0.463 e. The maximum absolute atomic E-state index is 12.6. The fourth-order valence-corrected chi connectivity index (χ4v) is 12.8. The van der Waals surface area contributed by atoms with Gasteiger partial charge in [-0.3, -0.25) is 4.79 Å². The molecule has 4 aliphatic carbocycles. The second kappa shape index (κ2) is 25.0. The molecule has 4 fully saturated rings. The van der Waals surface area contributed by atoms with Gasteiger partial charge in [-0.25, -0.2) is 0 Å². The van der Waals surface area contributed by atoms with Gasteiger partial charge in [-0.05, 0) is 149 Å². The number of unbranched alkanes of at least 4 members (excludes halogenated alkanes) is 7. The summed E-state index contributed by atoms with van der Waals surface area (Å²) >= 11 is 0. The lowest BCUT2D eigenvalue weighted by atomic mass is 9.47. The quantitative estimate of drug-likeness (QED) is 0.0504. The second-order valence-electron chi connectivity index (χ2n) is 21.1. The Morgan fingerprint density at radius 3 is 2.21 bits per heavy atom. The number of hydrogen-bond donors (Lipinski definition) is 3. The van der Waals surface area contributed by atoms with Crippen LogP contribution in [0.5, 0.6) is 0 Å². The topological polar surface area (TPSA) is 105 Å². The number of hydrogen-bond acceptors (Lipinski definition) is 7. The zero-order chi connectivity index (χ0) is 44.7. The van der Waals surface area contributed by atoms with Crippen molar-refractivity contribution in [1.82, 2.24) is 0 Å². The Labute approximate surface area is 378 Å². The Kier molecular flexibility index (Phi) is 20.6. The predicted molar refractivity (Wildman–Crippen MR) is 253 cm³/mol. The monoisotopic (exact) mass is 863 g/mol. The normalized spacial score (nSPS) is 36.0. The smallest absolute Gasteiger partial charge is 0.305 e. The van der Waals surface area contributed by atoms with Crippen LogP contribution in [0.15, 0.2) is 60.3 Å². The van der Waals surface area contributed by atoms with Crippen molar-refractivity contribution >= 4 is 5.97 Å². The third kappa shape index (κ3) is 13.3. The van der Waals surface area contributed by atoms with Crippen LogP contribution in [0.3, 0.4) is 0 Å². The highest BCUT2D eigenvalue weighted by Crippen LogP contribution is 2.67. The van der Waals surface area contributed by atoms with Gasteiger partial charge in [0.05, 0.1) is 6.10 Å². The van der Waals surface area contributed by atoms with Crippen molar-refractivity contribution in [2.45, 2.75) is 220 Å². The van der Waals surface area contributed by atoms with Gasteiger partial charge in [-0.2, -0.15) is 0 Å². The van der Waals surface area contributed by atoms with E-state index in [1.54, 1.807) is 0 Å². The Morgan fingerprint density at radius 2 is 1.50 bits per heavy atom. The average Bonchev–Trinajstić information content (AvgIpc) is 3.62. The number of allylic oxidation sites excluding steroid dienone is 9. The van der Waals surface area contributed by atoms with Crippen LogP contribution in [0, 0.1) is 52.3 Å². The molecule has 14 unspecified atom stereocenters. The van der Waals surface area contributed by atoms with Gasteiger partial charge in [0.25, 0.3) is 0 Å². The summed E-state index contributed by atoms with van der Waals surface area (Å²) in [6.45, 7) is 16.6. The highest BCUT2D eigenvalue weighted by Gasteiger charge is 2.59. The number of aliphatic hydroxyl groups excluding tert-OH is 3. The van der Waals surface area contributed by atoms with Gasteiger partial charge in [-0.1, -0.05) is 141 Å². The van der Waals surface area contributed by atoms with Gasteiger partial charge < -0.3 is 29.5 Å². The molecule has 352 valence electrons. The predicted octanol–water partition coefficient (Wildman–Crippen LogP) is 12.5. The molecule has 0 aromatic heterocycles. The molecule has 0 aromatic rings. The van der Waals surface area contributed by atoms with Gasteiger partial charge in [0.1, 0.15) is 31.0 Å². The standard InChI is InChI=1S/C55H90O7/c1-8-10-11-12-13-14-15-16-17-18-19-20-21-22-23-24-25-26-49(56)60-38-48-50(57)51(58)52(59)53(62-48)61-43-33-35-54(6)42(37-43)29-30-44-46-32-31-45(55(46,7)36-34-47(44)54)40(5)27-28-41(9-2)39(3)4/h10-11,13-14,16-17,27-29,39-41,43-48,50-53,57-59H,8-9,12,15,18-26,30-38H2,1-7H3/b11-10-,14-13-,17-16-,28-27+. The van der Waals surface area contributed by atoms with E-state index in [2.05, 4.69) is 103 Å². The van der Waals surface area contributed by atoms with Gasteiger partial charge in [0, 0.05) is 6.42 Å². The first kappa shape index (κ1) is 51.0. The summed E-state index contributed by atoms with van der Waals surface area (Å²) in [6, 6.07) is 0. The van der Waals surface area contributed by atoms with E-state index in [9.17, 15) is 20.1 Å². The van der Waals surface area contributed by atoms with E-state index < -0.39 is 30.7 Å². The highest BCUT2D eigenvalue weighted by atomic mass is 16.7. The largest absolute Gasteiger partial charge is 0.463 e. The lowest BCUT2D eigenvalue weighted by Gasteiger charge is -2.58. The average molecular weight is 863 g/mol. The molecule has 0 aromatic carbocycles. The molecule has 0 radical (unpaired) electrons. The van der Waals surface area contributed by atoms with E-state index >= 15 is 0 Å². The maximum Gasteiger partial charge on any atom is 0.305 e. The van der Waals surface area contributed by atoms with Crippen molar-refractivity contribution in [3.63, 3.8) is 0 Å². The molecule has 1 saturated heterocycles. The number of carbonyl (C=O) groups excluding carboxylic acids is 1. The summed E-state index contributed by atoms with van der Waals surface area (Å²) in [5, 5.41) is 32.6. The molecule has 5 rings (SSSR count). The van der Waals surface area contributed by atoms with Crippen LogP contribution in [0.2, 0.25) is 0 Å². The summed E-state index contributed by atoms with van der Waals surface area (Å²) in [6.07, 6.45) is 37.2. The molecule has 7 nitrogen and oxygen atoms in total. The van der Waals surface area contributed by atoms with Gasteiger partial charge in [0.15, 0.2) is 6.29 Å². The van der Waals surface area contributed by atoms with Crippen molar-refractivity contribution < 1.29 is 34.3 Å². The molecular formula is C55H90O7. The molecule has 3 saturated carbocycles. The van der Waals surface area contributed by atoms with Crippen LogP contribution in [-0.2, 0) is 19.0 Å². The molecule has 1 heterocycles. The summed E-state index contributed by atoms with van der Waals surface area (Å²) in [5.74, 6) is 4.58. The van der Waals surface area contributed by atoms with E-state index in [1.807, 2.05) is 0 Å². The molecule has 0 amide bonds. The molecule has 0 spiro atoms. The SMILES string of the molecule is CC/C=C\C/C=C\C/C=C\CCCCCCCCCC(=O)OCC1OC(OC2CCC3(C)C(=CCC4C3CCC3(C)C(C(C)/C=C/C(CC)C(C)C)CCC43)C2)C(O)C(O)C1O. The number of carbonyl (C=O) groups is 1. The van der Waals surface area contributed by atoms with E-state index in [0.29, 0.717) is 35.5 Å². The van der Waals surface area contributed by atoms with Crippen LogP contribution >= 0.6 is 0 Å². The number of fused-ring (bicyclic) bond motifs is 5. The zero-order valence-corrected chi connectivity index (χ0v) is 40.2. The first-order chi connectivity index (χ1) is 29.8. The fraction of sp³-hybridized carbons (Fsp3) is 0.800. The summed E-state index contributed by atoms with van der Waals surface area (Å²) in [7, 11) is 0. The summed E-state index contributed by atoms with van der Waals surface area (Å²) in [4.78, 5) is 12.6. The maximum atomic E-state index is 12.6. The Bertz CT molecular complexity index is 1500. The Morgan fingerprint density at radius 1 is 0.806 bits per heavy atom. The van der Waals surface area contributed by atoms with Crippen LogP contribution in [0.25, 0.3) is 0 Å². The van der Waals surface area contributed by atoms with Crippen LogP contribution in [0.1, 0.15) is 183 Å². The number of aliphatic hydroxyl groups is 3. The van der Waals surface area contributed by atoms with Crippen LogP contribution < -0.4 is 0 Å². The zero-order valence-electron chi connectivity index (χ0n) is 40.2. The van der Waals surface area contributed by atoms with Crippen LogP contribution in [0.4, 0.5) is 0 Å². The minimum absolute atomic E-state index is 0.152. The third-order valence-electron chi connectivity index (χ3n) is 16.7. The van der Waals surface area contributed by atoms with Gasteiger partial charge in [-0.15, -0.1) is 0 Å². The van der Waals surface area contributed by atoms with Crippen molar-refractivity contribution in [3.8, 4) is 0 Å². The molecule has 14 atom stereocenters. The Hall–Kier alpha value is -2.03. The third-order valence-corrected chi connectivity index (χ3v) is 16.7. The second-order valence-corrected chi connectivity index (χ2v) is 21.1. The molecule has 0 bridgehead atoms. The molecule has 5 aliphatic rings. The lowest BCUT2D eigenvalue weighted by molar-refractivity contribution is -0.313. The van der Waals surface area contributed by atoms with Crippen molar-refractivity contribution in [3.05, 3.63) is 60.3 Å². The molecular weight excluding hydrogens is 773 g/mol. The molecule has 1 aliphatic heterocycles. The van der Waals surface area contributed by atoms with Crippen molar-refractivity contribution in [2.24, 2.45) is 52.3 Å². The van der Waals surface area contributed by atoms with Gasteiger partial charge >= 0.3 is 5.97 Å². The first-order valence-corrected chi connectivity index (χ1v) is 25.7. The van der Waals surface area contributed by atoms with Gasteiger partial charge in [0.2, 0.25) is 0 Å². The lowest BCUT2D eigenvalue weighted by Crippen LogP contribution is -2.60. The van der Waals surface area contributed by atoms with E-state index in [-0.39, 0.29) is 24.1 Å². The first-order valence-electron chi connectivity index (χ1n) is 25.7. The number of rotatable bonds is 24. The minimum atomic E-state index is -1.45. The molecule has 7 heteroatoms. The van der Waals surface area contributed by atoms with E-state index in [4.69, 9.17) is 14.2 Å². The fourth-order valence-electron chi connectivity index (χ4n) is 12.8. The van der Waals surface area contributed by atoms with Crippen molar-refractivity contribution in [2.75, 3.05) is 6.61 Å². The number of esters is 1. The summed E-state index contributed by atoms with van der Waals surface area (Å²) in [5.41, 5.74) is 2.04. The molecule has 3 N–H and O–H groups in total. The molecule has 62 heavy (non-hydrogen) atoms. The van der Waals surface area contributed by atoms with Crippen LogP contribution in [-0.4, -0.2) is 64.7 Å². The summed E-state index contributed by atoms with van der Waals surface area (Å²) < 4.78 is 18.0. The van der Waals surface area contributed by atoms with E-state index in [1.165, 1.54) is 63.4 Å². The van der Waals surface area contributed by atoms with Crippen molar-refractivity contribution in [1.29, 1.82) is 0 Å². The highest BCUT2D eigenvalue weighted by molar-refractivity contribution is 5.69. The Balaban J connectivity index is 1.01. The van der Waals surface area contributed by atoms with E-state index in [0.717, 1.165) is 88.4 Å². The number of ether oxygens (including phenoxy) is 3.